The van der Waals surface area contributed by atoms with Gasteiger partial charge in [-0.05, 0) is 33.7 Å². The van der Waals surface area contributed by atoms with Crippen molar-refractivity contribution >= 4 is 26.7 Å². The Balaban J connectivity index is 2.51. The van der Waals surface area contributed by atoms with Crippen molar-refractivity contribution in [2.45, 2.75) is 32.5 Å². The third-order valence-electron chi connectivity index (χ3n) is 2.91. The van der Waals surface area contributed by atoms with Crippen LogP contribution in [0, 0.1) is 5.41 Å². The first-order chi connectivity index (χ1) is 7.99. The van der Waals surface area contributed by atoms with Gasteiger partial charge in [0.25, 0.3) is 0 Å². The van der Waals surface area contributed by atoms with Gasteiger partial charge in [0.05, 0.1) is 0 Å². The average molecular weight is 291 g/mol. The van der Waals surface area contributed by atoms with Gasteiger partial charge in [0.2, 0.25) is 0 Å². The normalized spacial score (nSPS) is 12.0. The number of hydrogen-bond donors (Lipinski definition) is 0. The fourth-order valence-electron chi connectivity index (χ4n) is 2.21. The molecule has 0 fully saturated rings. The van der Waals surface area contributed by atoms with Crippen molar-refractivity contribution in [3.8, 4) is 0 Å². The zero-order chi connectivity index (χ0) is 12.5. The van der Waals surface area contributed by atoms with Gasteiger partial charge in [0.1, 0.15) is 0 Å². The molecule has 0 saturated heterocycles. The lowest BCUT2D eigenvalue weighted by Gasteiger charge is -2.19. The van der Waals surface area contributed by atoms with Gasteiger partial charge in [-0.2, -0.15) is 0 Å². The molecule has 0 atom stereocenters. The first kappa shape index (κ1) is 12.6. The molecule has 1 heteroatoms. The van der Waals surface area contributed by atoms with E-state index in [9.17, 15) is 0 Å². The predicted molar refractivity (Wildman–Crippen MR) is 79.7 cm³/mol. The SMILES string of the molecule is CC(C)(C)Cc1cccc2cc(CBr)ccc12. The van der Waals surface area contributed by atoms with Crippen molar-refractivity contribution in [1.29, 1.82) is 0 Å². The van der Waals surface area contributed by atoms with Crippen LogP contribution in [0.15, 0.2) is 36.4 Å². The predicted octanol–water partition coefficient (Wildman–Crippen LogP) is 5.32. The van der Waals surface area contributed by atoms with Crippen molar-refractivity contribution in [2.24, 2.45) is 5.41 Å². The van der Waals surface area contributed by atoms with Gasteiger partial charge in [-0.1, -0.05) is 73.1 Å². The van der Waals surface area contributed by atoms with Crippen molar-refractivity contribution in [1.82, 2.24) is 0 Å². The van der Waals surface area contributed by atoms with E-state index in [1.165, 1.54) is 21.9 Å². The molecule has 0 N–H and O–H groups in total. The highest BCUT2D eigenvalue weighted by molar-refractivity contribution is 9.08. The summed E-state index contributed by atoms with van der Waals surface area (Å²) in [6.45, 7) is 6.87. The molecule has 0 spiro atoms. The molecular formula is C16H19Br. The lowest BCUT2D eigenvalue weighted by molar-refractivity contribution is 0.412. The molecule has 0 radical (unpaired) electrons. The summed E-state index contributed by atoms with van der Waals surface area (Å²) in [4.78, 5) is 0. The molecule has 2 rings (SSSR count). The summed E-state index contributed by atoms with van der Waals surface area (Å²) in [6.07, 6.45) is 1.12. The molecule has 90 valence electrons. The Morgan fingerprint density at radius 3 is 2.47 bits per heavy atom. The van der Waals surface area contributed by atoms with E-state index in [0.717, 1.165) is 11.8 Å². The maximum Gasteiger partial charge on any atom is 0.0283 e. The van der Waals surface area contributed by atoms with E-state index < -0.39 is 0 Å². The molecule has 2 aromatic carbocycles. The van der Waals surface area contributed by atoms with Crippen LogP contribution in [0.2, 0.25) is 0 Å². The zero-order valence-corrected chi connectivity index (χ0v) is 12.3. The fraction of sp³-hybridized carbons (Fsp3) is 0.375. The summed E-state index contributed by atoms with van der Waals surface area (Å²) in [7, 11) is 0. The van der Waals surface area contributed by atoms with Crippen LogP contribution in [0.1, 0.15) is 31.9 Å². The highest BCUT2D eigenvalue weighted by Crippen LogP contribution is 2.27. The molecule has 0 heterocycles. The van der Waals surface area contributed by atoms with E-state index in [4.69, 9.17) is 0 Å². The summed E-state index contributed by atoms with van der Waals surface area (Å²) in [5.41, 5.74) is 3.13. The molecule has 0 unspecified atom stereocenters. The summed E-state index contributed by atoms with van der Waals surface area (Å²) in [6, 6.07) is 13.4. The van der Waals surface area contributed by atoms with Gasteiger partial charge in [-0.3, -0.25) is 0 Å². The number of hydrogen-bond acceptors (Lipinski definition) is 0. The van der Waals surface area contributed by atoms with Gasteiger partial charge >= 0.3 is 0 Å². The van der Waals surface area contributed by atoms with E-state index in [0.29, 0.717) is 5.41 Å². The topological polar surface area (TPSA) is 0 Å². The van der Waals surface area contributed by atoms with Gasteiger partial charge < -0.3 is 0 Å². The second-order valence-electron chi connectivity index (χ2n) is 5.84. The minimum atomic E-state index is 0.336. The molecule has 0 bridgehead atoms. The quantitative estimate of drug-likeness (QED) is 0.657. The van der Waals surface area contributed by atoms with Crippen molar-refractivity contribution in [3.63, 3.8) is 0 Å². The molecule has 0 aliphatic rings. The Labute approximate surface area is 112 Å². The molecule has 0 aliphatic carbocycles. The lowest BCUT2D eigenvalue weighted by atomic mass is 9.86. The number of halogens is 1. The fourth-order valence-corrected chi connectivity index (χ4v) is 2.56. The molecule has 17 heavy (non-hydrogen) atoms. The number of rotatable bonds is 2. The molecular weight excluding hydrogens is 272 g/mol. The second-order valence-corrected chi connectivity index (χ2v) is 6.40. The van der Waals surface area contributed by atoms with Crippen LogP contribution in [0.3, 0.4) is 0 Å². The van der Waals surface area contributed by atoms with E-state index in [-0.39, 0.29) is 0 Å². The van der Waals surface area contributed by atoms with Crippen molar-refractivity contribution in [2.75, 3.05) is 0 Å². The Hall–Kier alpha value is -0.820. The summed E-state index contributed by atoms with van der Waals surface area (Å²) >= 11 is 3.51. The van der Waals surface area contributed by atoms with Gasteiger partial charge in [-0.15, -0.1) is 0 Å². The minimum absolute atomic E-state index is 0.336. The lowest BCUT2D eigenvalue weighted by Crippen LogP contribution is -2.09. The number of alkyl halides is 1. The maximum absolute atomic E-state index is 3.51. The smallest absolute Gasteiger partial charge is 0.0283 e. The van der Waals surface area contributed by atoms with Crippen LogP contribution in [0.4, 0.5) is 0 Å². The maximum atomic E-state index is 3.51. The Morgan fingerprint density at radius 2 is 1.82 bits per heavy atom. The van der Waals surface area contributed by atoms with Crippen molar-refractivity contribution in [3.05, 3.63) is 47.5 Å². The first-order valence-electron chi connectivity index (χ1n) is 6.06. The first-order valence-corrected chi connectivity index (χ1v) is 7.18. The Morgan fingerprint density at radius 1 is 1.06 bits per heavy atom. The Kier molecular flexibility index (Phi) is 3.58. The Bertz CT molecular complexity index is 521. The molecule has 0 aromatic heterocycles. The third kappa shape index (κ3) is 3.10. The molecule has 0 nitrogen and oxygen atoms in total. The van der Waals surface area contributed by atoms with E-state index in [2.05, 4.69) is 73.1 Å². The van der Waals surface area contributed by atoms with Gasteiger partial charge in [0.15, 0.2) is 0 Å². The number of benzene rings is 2. The minimum Gasteiger partial charge on any atom is -0.0876 e. The van der Waals surface area contributed by atoms with Crippen LogP contribution in [0.5, 0.6) is 0 Å². The monoisotopic (exact) mass is 290 g/mol. The van der Waals surface area contributed by atoms with Crippen molar-refractivity contribution < 1.29 is 0 Å². The standard InChI is InChI=1S/C16H19Br/c1-16(2,3)10-14-6-4-5-13-9-12(11-17)7-8-15(13)14/h4-9H,10-11H2,1-3H3. The van der Waals surface area contributed by atoms with Crippen LogP contribution in [-0.2, 0) is 11.8 Å². The second kappa shape index (κ2) is 4.81. The van der Waals surface area contributed by atoms with Crippen LogP contribution >= 0.6 is 15.9 Å². The average Bonchev–Trinajstić information content (AvgIpc) is 2.26. The van der Waals surface area contributed by atoms with Crippen LogP contribution < -0.4 is 0 Å². The van der Waals surface area contributed by atoms with Crippen LogP contribution in [-0.4, -0.2) is 0 Å². The summed E-state index contributed by atoms with van der Waals surface area (Å²) in [5, 5.41) is 3.67. The highest BCUT2D eigenvalue weighted by atomic mass is 79.9. The summed E-state index contributed by atoms with van der Waals surface area (Å²) in [5.74, 6) is 0. The van der Waals surface area contributed by atoms with Gasteiger partial charge in [0, 0.05) is 5.33 Å². The summed E-state index contributed by atoms with van der Waals surface area (Å²) < 4.78 is 0. The molecule has 0 saturated carbocycles. The van der Waals surface area contributed by atoms with E-state index in [1.54, 1.807) is 0 Å². The number of fused-ring (bicyclic) bond motifs is 1. The molecule has 0 aliphatic heterocycles. The molecule has 0 amide bonds. The third-order valence-corrected chi connectivity index (χ3v) is 3.56. The van der Waals surface area contributed by atoms with E-state index in [1.807, 2.05) is 0 Å². The van der Waals surface area contributed by atoms with Gasteiger partial charge in [-0.25, -0.2) is 0 Å². The van der Waals surface area contributed by atoms with Crippen LogP contribution in [0.25, 0.3) is 10.8 Å². The highest BCUT2D eigenvalue weighted by Gasteiger charge is 2.13. The largest absolute Gasteiger partial charge is 0.0876 e. The molecule has 2 aromatic rings. The zero-order valence-electron chi connectivity index (χ0n) is 10.8. The van der Waals surface area contributed by atoms with E-state index >= 15 is 0 Å².